The van der Waals surface area contributed by atoms with Crippen molar-refractivity contribution in [1.29, 1.82) is 0 Å². The zero-order valence-electron chi connectivity index (χ0n) is 10.3. The summed E-state index contributed by atoms with van der Waals surface area (Å²) in [5.74, 6) is -0.305. The molecule has 1 heterocycles. The highest BCUT2D eigenvalue weighted by atomic mass is 32.2. The van der Waals surface area contributed by atoms with Crippen molar-refractivity contribution in [3.05, 3.63) is 52.9 Å². The maximum Gasteiger partial charge on any atom is 0.290 e. The first-order chi connectivity index (χ1) is 9.15. The average molecular weight is 269 g/mol. The van der Waals surface area contributed by atoms with Crippen LogP contribution in [0.1, 0.15) is 12.5 Å². The maximum absolute atomic E-state index is 11.7. The molecule has 1 fully saturated rings. The maximum atomic E-state index is 11.7. The number of amides is 2. The third-order valence-corrected chi connectivity index (χ3v) is 4.12. The van der Waals surface area contributed by atoms with Crippen LogP contribution >= 0.6 is 11.8 Å². The van der Waals surface area contributed by atoms with Crippen LogP contribution in [0.4, 0.5) is 4.79 Å². The zero-order chi connectivity index (χ0) is 13.4. The topological polar surface area (TPSA) is 46.2 Å². The monoisotopic (exact) mass is 269 g/mol. The number of imide groups is 1. The van der Waals surface area contributed by atoms with Gasteiger partial charge in [0.2, 0.25) is 0 Å². The summed E-state index contributed by atoms with van der Waals surface area (Å²) < 4.78 is 0. The van der Waals surface area contributed by atoms with Crippen LogP contribution in [0.2, 0.25) is 0 Å². The van der Waals surface area contributed by atoms with Gasteiger partial charge in [0.1, 0.15) is 0 Å². The van der Waals surface area contributed by atoms with E-state index in [9.17, 15) is 9.59 Å². The van der Waals surface area contributed by atoms with E-state index in [1.165, 1.54) is 0 Å². The number of allylic oxidation sites excluding steroid dienone is 1. The molecular formula is C15H11NO2S. The Kier molecular flexibility index (Phi) is 2.87. The van der Waals surface area contributed by atoms with Gasteiger partial charge in [-0.2, -0.15) is 0 Å². The number of fused-ring (bicyclic) bond motifs is 1. The number of nitrogens with one attached hydrogen (secondary N) is 1. The highest BCUT2D eigenvalue weighted by Crippen LogP contribution is 2.32. The smallest absolute Gasteiger partial charge is 0.282 e. The van der Waals surface area contributed by atoms with Gasteiger partial charge < -0.3 is 0 Å². The number of benzene rings is 2. The largest absolute Gasteiger partial charge is 0.290 e. The van der Waals surface area contributed by atoms with Crippen molar-refractivity contribution >= 4 is 39.3 Å². The summed E-state index contributed by atoms with van der Waals surface area (Å²) in [7, 11) is 0. The van der Waals surface area contributed by atoms with E-state index in [0.29, 0.717) is 4.91 Å². The SMILES string of the molecule is CC(=C1SC(=O)NC1=O)c1ccc2ccccc2c1. The average Bonchev–Trinajstić information content (AvgIpc) is 2.76. The Balaban J connectivity index is 2.11. The lowest BCUT2D eigenvalue weighted by molar-refractivity contribution is -0.115. The van der Waals surface area contributed by atoms with Crippen molar-refractivity contribution in [3.8, 4) is 0 Å². The molecule has 4 heteroatoms. The van der Waals surface area contributed by atoms with Gasteiger partial charge in [-0.15, -0.1) is 0 Å². The number of hydrogen-bond donors (Lipinski definition) is 1. The van der Waals surface area contributed by atoms with Crippen molar-refractivity contribution in [2.24, 2.45) is 0 Å². The van der Waals surface area contributed by atoms with E-state index in [-0.39, 0.29) is 11.1 Å². The lowest BCUT2D eigenvalue weighted by Gasteiger charge is -2.05. The van der Waals surface area contributed by atoms with Crippen LogP contribution in [0.25, 0.3) is 16.3 Å². The van der Waals surface area contributed by atoms with Crippen LogP contribution in [0.15, 0.2) is 47.4 Å². The van der Waals surface area contributed by atoms with Gasteiger partial charge in [0.25, 0.3) is 11.1 Å². The molecule has 0 aliphatic carbocycles. The normalized spacial score (nSPS) is 17.7. The van der Waals surface area contributed by atoms with Crippen LogP contribution in [-0.2, 0) is 4.79 Å². The summed E-state index contributed by atoms with van der Waals surface area (Å²) in [6, 6.07) is 14.1. The summed E-state index contributed by atoms with van der Waals surface area (Å²) in [5.41, 5.74) is 1.80. The molecule has 19 heavy (non-hydrogen) atoms. The van der Waals surface area contributed by atoms with Crippen molar-refractivity contribution < 1.29 is 9.59 Å². The lowest BCUT2D eigenvalue weighted by Crippen LogP contribution is -2.18. The third-order valence-electron chi connectivity index (χ3n) is 3.14. The minimum Gasteiger partial charge on any atom is -0.282 e. The van der Waals surface area contributed by atoms with E-state index in [4.69, 9.17) is 0 Å². The Morgan fingerprint density at radius 2 is 1.79 bits per heavy atom. The quantitative estimate of drug-likeness (QED) is 0.805. The number of rotatable bonds is 1. The molecule has 0 aromatic heterocycles. The van der Waals surface area contributed by atoms with Crippen molar-refractivity contribution in [2.75, 3.05) is 0 Å². The van der Waals surface area contributed by atoms with Gasteiger partial charge in [0.15, 0.2) is 0 Å². The second-order valence-electron chi connectivity index (χ2n) is 4.36. The molecule has 3 rings (SSSR count). The molecule has 2 aromatic carbocycles. The number of carbonyl (C=O) groups is 2. The van der Waals surface area contributed by atoms with E-state index in [1.54, 1.807) is 0 Å². The fraction of sp³-hybridized carbons (Fsp3) is 0.0667. The molecule has 0 unspecified atom stereocenters. The molecular weight excluding hydrogens is 258 g/mol. The van der Waals surface area contributed by atoms with Gasteiger partial charge in [-0.1, -0.05) is 36.4 Å². The van der Waals surface area contributed by atoms with E-state index >= 15 is 0 Å². The Morgan fingerprint density at radius 1 is 1.05 bits per heavy atom. The molecule has 2 aromatic rings. The first-order valence-electron chi connectivity index (χ1n) is 5.88. The first-order valence-corrected chi connectivity index (χ1v) is 6.70. The Hall–Kier alpha value is -2.07. The van der Waals surface area contributed by atoms with Crippen molar-refractivity contribution in [3.63, 3.8) is 0 Å². The van der Waals surface area contributed by atoms with Crippen LogP contribution in [0.5, 0.6) is 0 Å². The molecule has 0 saturated carbocycles. The van der Waals surface area contributed by atoms with Gasteiger partial charge in [-0.3, -0.25) is 14.9 Å². The molecule has 0 radical (unpaired) electrons. The van der Waals surface area contributed by atoms with Crippen LogP contribution < -0.4 is 5.32 Å². The highest BCUT2D eigenvalue weighted by molar-refractivity contribution is 8.18. The van der Waals surface area contributed by atoms with Crippen LogP contribution in [0.3, 0.4) is 0 Å². The van der Waals surface area contributed by atoms with Gasteiger partial charge in [0, 0.05) is 0 Å². The summed E-state index contributed by atoms with van der Waals surface area (Å²) in [5, 5.41) is 4.25. The Morgan fingerprint density at radius 3 is 2.47 bits per heavy atom. The summed E-state index contributed by atoms with van der Waals surface area (Å²) in [4.78, 5) is 23.3. The van der Waals surface area contributed by atoms with E-state index < -0.39 is 0 Å². The molecule has 1 N–H and O–H groups in total. The lowest BCUT2D eigenvalue weighted by atomic mass is 10.0. The summed E-state index contributed by atoms with van der Waals surface area (Å²) >= 11 is 0.962. The summed E-state index contributed by atoms with van der Waals surface area (Å²) in [6.07, 6.45) is 0. The predicted octanol–water partition coefficient (Wildman–Crippen LogP) is 3.55. The second kappa shape index (κ2) is 4.55. The fourth-order valence-electron chi connectivity index (χ4n) is 2.11. The molecule has 2 amide bonds. The minimum absolute atomic E-state index is 0.305. The molecule has 0 atom stereocenters. The number of thioether (sulfide) groups is 1. The van der Waals surface area contributed by atoms with Gasteiger partial charge in [-0.25, -0.2) is 0 Å². The number of carbonyl (C=O) groups excluding carboxylic acids is 2. The molecule has 1 aliphatic rings. The standard InChI is InChI=1S/C15H11NO2S/c1-9(13-14(17)16-15(18)19-13)11-7-6-10-4-2-3-5-12(10)8-11/h2-8H,1H3,(H,16,17,18). The number of hydrogen-bond acceptors (Lipinski definition) is 3. The third kappa shape index (κ3) is 2.15. The van der Waals surface area contributed by atoms with Gasteiger partial charge in [0.05, 0.1) is 4.91 Å². The zero-order valence-corrected chi connectivity index (χ0v) is 11.1. The van der Waals surface area contributed by atoms with Crippen LogP contribution in [0, 0.1) is 0 Å². The van der Waals surface area contributed by atoms with Gasteiger partial charge >= 0.3 is 0 Å². The van der Waals surface area contributed by atoms with Crippen LogP contribution in [-0.4, -0.2) is 11.1 Å². The van der Waals surface area contributed by atoms with Crippen molar-refractivity contribution in [1.82, 2.24) is 5.32 Å². The van der Waals surface area contributed by atoms with Gasteiger partial charge in [-0.05, 0) is 46.7 Å². The Labute approximate surface area is 114 Å². The van der Waals surface area contributed by atoms with E-state index in [2.05, 4.69) is 5.32 Å². The Bertz CT molecular complexity index is 734. The molecule has 0 bridgehead atoms. The van der Waals surface area contributed by atoms with E-state index in [1.807, 2.05) is 49.4 Å². The molecule has 3 nitrogen and oxygen atoms in total. The fourth-order valence-corrected chi connectivity index (χ4v) is 2.86. The first kappa shape index (κ1) is 12.0. The molecule has 0 spiro atoms. The highest BCUT2D eigenvalue weighted by Gasteiger charge is 2.27. The predicted molar refractivity (Wildman–Crippen MR) is 77.7 cm³/mol. The molecule has 94 valence electrons. The molecule has 1 saturated heterocycles. The second-order valence-corrected chi connectivity index (χ2v) is 5.34. The summed E-state index contributed by atoms with van der Waals surface area (Å²) in [6.45, 7) is 1.87. The minimum atomic E-state index is -0.305. The van der Waals surface area contributed by atoms with E-state index in [0.717, 1.165) is 33.7 Å². The van der Waals surface area contributed by atoms with Crippen molar-refractivity contribution in [2.45, 2.75) is 6.92 Å². The molecule has 1 aliphatic heterocycles.